The van der Waals surface area contributed by atoms with Gasteiger partial charge < -0.3 is 19.3 Å². The standard InChI is InChI=1S/C43H83NO5/c1-4-7-10-13-16-22-30-39-47-43-41(49-43)33-26-20-17-21-28-35-44(37-38-45)36-29-23-27-34-42(46)48-40(31-24-18-14-11-8-5-2)32-25-19-15-12-9-6-3/h21,28,40-41,43,45H,4-20,22-27,29-39H2,1-3H3/b28-21+. The predicted octanol–water partition coefficient (Wildman–Crippen LogP) is 11.9. The minimum absolute atomic E-state index is 0.00286. The Morgan fingerprint density at radius 1 is 0.673 bits per heavy atom. The van der Waals surface area contributed by atoms with E-state index in [-0.39, 0.29) is 25.0 Å². The molecular formula is C43H83NO5. The third-order valence-electron chi connectivity index (χ3n) is 10.0. The zero-order valence-corrected chi connectivity index (χ0v) is 33.0. The Kier molecular flexibility index (Phi) is 33.3. The molecule has 1 N–H and O–H groups in total. The van der Waals surface area contributed by atoms with Crippen LogP contribution < -0.4 is 0 Å². The zero-order valence-electron chi connectivity index (χ0n) is 33.0. The summed E-state index contributed by atoms with van der Waals surface area (Å²) in [5, 5.41) is 9.55. The van der Waals surface area contributed by atoms with E-state index >= 15 is 0 Å². The molecule has 1 aliphatic heterocycles. The molecule has 0 aromatic heterocycles. The first kappa shape index (κ1) is 46.1. The second kappa shape index (κ2) is 35.5. The Labute approximate surface area is 304 Å². The second-order valence-electron chi connectivity index (χ2n) is 14.9. The van der Waals surface area contributed by atoms with E-state index in [1.807, 2.05) is 0 Å². The van der Waals surface area contributed by atoms with E-state index in [0.29, 0.717) is 19.1 Å². The van der Waals surface area contributed by atoms with Gasteiger partial charge in [-0.05, 0) is 70.8 Å². The maximum absolute atomic E-state index is 12.7. The van der Waals surface area contributed by atoms with Crippen molar-refractivity contribution in [2.45, 2.75) is 225 Å². The number of ether oxygens (including phenoxy) is 3. The molecule has 6 heteroatoms. The van der Waals surface area contributed by atoms with Gasteiger partial charge in [0.1, 0.15) is 12.2 Å². The number of aliphatic hydroxyl groups is 1. The molecule has 1 aliphatic rings. The minimum Gasteiger partial charge on any atom is -0.462 e. The van der Waals surface area contributed by atoms with Crippen molar-refractivity contribution in [1.82, 2.24) is 4.90 Å². The summed E-state index contributed by atoms with van der Waals surface area (Å²) in [4.78, 5) is 15.0. The number of esters is 1. The molecule has 290 valence electrons. The fourth-order valence-electron chi connectivity index (χ4n) is 6.71. The Hall–Kier alpha value is -0.950. The molecule has 0 aromatic carbocycles. The molecule has 0 aromatic rings. The number of unbranched alkanes of at least 4 members (excludes halogenated alkanes) is 20. The van der Waals surface area contributed by atoms with Crippen LogP contribution in [0, 0.1) is 0 Å². The predicted molar refractivity (Wildman–Crippen MR) is 208 cm³/mol. The molecule has 0 amide bonds. The molecule has 0 saturated carbocycles. The van der Waals surface area contributed by atoms with E-state index in [1.54, 1.807) is 0 Å². The summed E-state index contributed by atoms with van der Waals surface area (Å²) >= 11 is 0. The van der Waals surface area contributed by atoms with E-state index < -0.39 is 0 Å². The maximum Gasteiger partial charge on any atom is 0.306 e. The molecule has 6 nitrogen and oxygen atoms in total. The maximum atomic E-state index is 12.7. The zero-order chi connectivity index (χ0) is 35.5. The monoisotopic (exact) mass is 694 g/mol. The Balaban J connectivity index is 2.12. The van der Waals surface area contributed by atoms with E-state index in [4.69, 9.17) is 14.2 Å². The van der Waals surface area contributed by atoms with E-state index in [9.17, 15) is 9.90 Å². The normalized spacial score (nSPS) is 16.0. The van der Waals surface area contributed by atoms with Crippen LogP contribution in [0.2, 0.25) is 0 Å². The quantitative estimate of drug-likeness (QED) is 0.0299. The summed E-state index contributed by atoms with van der Waals surface area (Å²) in [5.74, 6) is -0.00286. The summed E-state index contributed by atoms with van der Waals surface area (Å²) in [6.45, 7) is 10.3. The van der Waals surface area contributed by atoms with Crippen LogP contribution >= 0.6 is 0 Å². The van der Waals surface area contributed by atoms with Crippen molar-refractivity contribution >= 4 is 5.97 Å². The number of carbonyl (C=O) groups excluding carboxylic acids is 1. The first-order valence-electron chi connectivity index (χ1n) is 21.6. The van der Waals surface area contributed by atoms with Gasteiger partial charge in [-0.3, -0.25) is 9.69 Å². The molecule has 0 spiro atoms. The Morgan fingerprint density at radius 3 is 1.86 bits per heavy atom. The van der Waals surface area contributed by atoms with Crippen molar-refractivity contribution in [3.05, 3.63) is 12.2 Å². The van der Waals surface area contributed by atoms with Crippen LogP contribution in [0.15, 0.2) is 12.2 Å². The molecule has 0 radical (unpaired) electrons. The molecule has 2 atom stereocenters. The molecule has 1 fully saturated rings. The molecule has 0 aliphatic carbocycles. The smallest absolute Gasteiger partial charge is 0.306 e. The van der Waals surface area contributed by atoms with Crippen molar-refractivity contribution in [1.29, 1.82) is 0 Å². The van der Waals surface area contributed by atoms with Crippen molar-refractivity contribution < 1.29 is 24.1 Å². The van der Waals surface area contributed by atoms with Gasteiger partial charge in [0.05, 0.1) is 6.61 Å². The molecular weight excluding hydrogens is 610 g/mol. The van der Waals surface area contributed by atoms with Gasteiger partial charge in [0.15, 0.2) is 6.29 Å². The van der Waals surface area contributed by atoms with Gasteiger partial charge >= 0.3 is 5.97 Å². The van der Waals surface area contributed by atoms with Crippen LogP contribution in [0.3, 0.4) is 0 Å². The van der Waals surface area contributed by atoms with Crippen molar-refractivity contribution in [3.8, 4) is 0 Å². The average molecular weight is 694 g/mol. The van der Waals surface area contributed by atoms with Gasteiger partial charge in [-0.2, -0.15) is 0 Å². The summed E-state index contributed by atoms with van der Waals surface area (Å²) in [5.41, 5.74) is 0. The third kappa shape index (κ3) is 30.4. The number of hydrogen-bond acceptors (Lipinski definition) is 6. The number of epoxide rings is 1. The SMILES string of the molecule is CCCCCCCCCOC1OC1CCCC/C=C/CN(CCO)CCCCCC(=O)OC(CCCCCCCC)CCCCCCCC. The topological polar surface area (TPSA) is 71.5 Å². The van der Waals surface area contributed by atoms with Crippen molar-refractivity contribution in [2.75, 3.05) is 32.8 Å². The van der Waals surface area contributed by atoms with Gasteiger partial charge in [0.2, 0.25) is 0 Å². The fraction of sp³-hybridized carbons (Fsp3) is 0.930. The highest BCUT2D eigenvalue weighted by Gasteiger charge is 2.38. The Bertz CT molecular complexity index is 715. The fourth-order valence-corrected chi connectivity index (χ4v) is 6.71. The largest absolute Gasteiger partial charge is 0.462 e. The number of rotatable bonds is 39. The van der Waals surface area contributed by atoms with E-state index in [2.05, 4.69) is 37.8 Å². The molecule has 1 saturated heterocycles. The second-order valence-corrected chi connectivity index (χ2v) is 14.9. The number of allylic oxidation sites excluding steroid dienone is 1. The van der Waals surface area contributed by atoms with Crippen molar-refractivity contribution in [2.24, 2.45) is 0 Å². The van der Waals surface area contributed by atoms with Crippen molar-refractivity contribution in [3.63, 3.8) is 0 Å². The minimum atomic E-state index is -0.00286. The molecule has 1 rings (SSSR count). The lowest BCUT2D eigenvalue weighted by Gasteiger charge is -2.20. The molecule has 0 bridgehead atoms. The van der Waals surface area contributed by atoms with E-state index in [1.165, 1.54) is 128 Å². The first-order valence-corrected chi connectivity index (χ1v) is 21.6. The lowest BCUT2D eigenvalue weighted by atomic mass is 10.0. The summed E-state index contributed by atoms with van der Waals surface area (Å²) in [7, 11) is 0. The highest BCUT2D eigenvalue weighted by atomic mass is 16.8. The summed E-state index contributed by atoms with van der Waals surface area (Å²) in [6.07, 6.45) is 39.6. The lowest BCUT2D eigenvalue weighted by molar-refractivity contribution is -0.150. The number of nitrogens with zero attached hydrogens (tertiary/aromatic N) is 1. The summed E-state index contributed by atoms with van der Waals surface area (Å²) < 4.78 is 17.6. The Morgan fingerprint density at radius 2 is 1.24 bits per heavy atom. The summed E-state index contributed by atoms with van der Waals surface area (Å²) in [6, 6.07) is 0. The molecule has 49 heavy (non-hydrogen) atoms. The van der Waals surface area contributed by atoms with Gasteiger partial charge in [-0.25, -0.2) is 0 Å². The van der Waals surface area contributed by atoms with Crippen LogP contribution in [0.5, 0.6) is 0 Å². The first-order chi connectivity index (χ1) is 24.1. The van der Waals surface area contributed by atoms with Crippen LogP contribution in [-0.4, -0.2) is 67.3 Å². The highest BCUT2D eigenvalue weighted by Crippen LogP contribution is 2.28. The average Bonchev–Trinajstić information content (AvgIpc) is 3.85. The third-order valence-corrected chi connectivity index (χ3v) is 10.0. The van der Waals surface area contributed by atoms with Gasteiger partial charge in [0.25, 0.3) is 0 Å². The van der Waals surface area contributed by atoms with E-state index in [0.717, 1.165) is 71.1 Å². The number of hydrogen-bond donors (Lipinski definition) is 1. The number of carbonyl (C=O) groups is 1. The lowest BCUT2D eigenvalue weighted by Crippen LogP contribution is -2.28. The van der Waals surface area contributed by atoms with Crippen LogP contribution in [0.25, 0.3) is 0 Å². The molecule has 2 unspecified atom stereocenters. The van der Waals surface area contributed by atoms with Gasteiger partial charge in [-0.15, -0.1) is 0 Å². The number of aliphatic hydroxyl groups excluding tert-OH is 1. The van der Waals surface area contributed by atoms with Crippen LogP contribution in [-0.2, 0) is 19.0 Å². The highest BCUT2D eigenvalue weighted by molar-refractivity contribution is 5.69. The van der Waals surface area contributed by atoms with Crippen LogP contribution in [0.1, 0.15) is 207 Å². The van der Waals surface area contributed by atoms with Crippen LogP contribution in [0.4, 0.5) is 0 Å². The van der Waals surface area contributed by atoms with Gasteiger partial charge in [0, 0.05) is 26.1 Å². The van der Waals surface area contributed by atoms with Gasteiger partial charge in [-0.1, -0.05) is 148 Å². The molecule has 1 heterocycles.